The van der Waals surface area contributed by atoms with Crippen molar-refractivity contribution in [2.75, 3.05) is 11.6 Å². The van der Waals surface area contributed by atoms with Gasteiger partial charge >= 0.3 is 5.97 Å². The van der Waals surface area contributed by atoms with Gasteiger partial charge in [0.2, 0.25) is 5.54 Å². The number of anilines is 1. The number of hydrogen-bond acceptors (Lipinski definition) is 6. The molecule has 0 amide bonds. The molecule has 0 fully saturated rings. The predicted molar refractivity (Wildman–Crippen MR) is 125 cm³/mol. The number of carbonyl (C=O) groups is 3. The van der Waals surface area contributed by atoms with Crippen LogP contribution < -0.4 is 5.01 Å². The molecule has 7 heteroatoms. The van der Waals surface area contributed by atoms with Crippen molar-refractivity contribution in [1.82, 2.24) is 0 Å². The molecule has 0 saturated heterocycles. The van der Waals surface area contributed by atoms with Gasteiger partial charge in [0.05, 0.1) is 18.2 Å². The number of para-hydroxylation sites is 1. The van der Waals surface area contributed by atoms with E-state index in [1.165, 1.54) is 5.01 Å². The summed E-state index contributed by atoms with van der Waals surface area (Å²) in [5.74, 6) is -2.47. The van der Waals surface area contributed by atoms with E-state index in [4.69, 9.17) is 16.3 Å². The standard InChI is InChI=1S/C26H19ClN2O4/c1-2-33-25(32)22-21(16-12-14-17(27)15-13-16)26(29(28-22)18-8-4-3-5-9-18)23(30)19-10-6-7-11-20(19)24(26)31/h3-15,21H,2H2,1H3. The summed E-state index contributed by atoms with van der Waals surface area (Å²) in [5, 5.41) is 6.46. The first-order valence-electron chi connectivity index (χ1n) is 10.5. The summed E-state index contributed by atoms with van der Waals surface area (Å²) in [6.45, 7) is 1.82. The second-order valence-electron chi connectivity index (χ2n) is 7.81. The van der Waals surface area contributed by atoms with Crippen LogP contribution in [0.5, 0.6) is 0 Å². The van der Waals surface area contributed by atoms with Crippen LogP contribution >= 0.6 is 11.6 Å². The van der Waals surface area contributed by atoms with Crippen molar-refractivity contribution < 1.29 is 19.1 Å². The number of benzene rings is 3. The zero-order chi connectivity index (χ0) is 23.2. The van der Waals surface area contributed by atoms with Gasteiger partial charge in [0.15, 0.2) is 17.3 Å². The molecule has 1 unspecified atom stereocenters. The molecule has 1 aliphatic heterocycles. The minimum absolute atomic E-state index is 0.00229. The Labute approximate surface area is 195 Å². The molecule has 6 nitrogen and oxygen atoms in total. The highest BCUT2D eigenvalue weighted by atomic mass is 35.5. The highest BCUT2D eigenvalue weighted by Crippen LogP contribution is 2.50. The maximum Gasteiger partial charge on any atom is 0.355 e. The summed E-state index contributed by atoms with van der Waals surface area (Å²) in [7, 11) is 0. The summed E-state index contributed by atoms with van der Waals surface area (Å²) < 4.78 is 5.29. The van der Waals surface area contributed by atoms with E-state index in [0.29, 0.717) is 27.4 Å². The highest BCUT2D eigenvalue weighted by Gasteiger charge is 2.67. The molecule has 33 heavy (non-hydrogen) atoms. The monoisotopic (exact) mass is 458 g/mol. The molecule has 5 rings (SSSR count). The van der Waals surface area contributed by atoms with E-state index in [1.807, 2.05) is 6.07 Å². The first-order chi connectivity index (χ1) is 16.0. The van der Waals surface area contributed by atoms with Gasteiger partial charge in [-0.05, 0) is 36.8 Å². The van der Waals surface area contributed by atoms with Gasteiger partial charge in [-0.1, -0.05) is 66.2 Å². The third-order valence-corrected chi connectivity index (χ3v) is 6.28. The minimum Gasteiger partial charge on any atom is -0.461 e. The summed E-state index contributed by atoms with van der Waals surface area (Å²) in [5.41, 5.74) is -0.0895. The number of nitrogens with zero attached hydrogens (tertiary/aromatic N) is 2. The van der Waals surface area contributed by atoms with E-state index in [2.05, 4.69) is 5.10 Å². The first-order valence-corrected chi connectivity index (χ1v) is 10.9. The molecule has 0 saturated carbocycles. The second-order valence-corrected chi connectivity index (χ2v) is 8.24. The molecule has 0 radical (unpaired) electrons. The van der Waals surface area contributed by atoms with Crippen LogP contribution in [-0.2, 0) is 9.53 Å². The van der Waals surface area contributed by atoms with E-state index in [0.717, 1.165) is 0 Å². The summed E-state index contributed by atoms with van der Waals surface area (Å²) in [6.07, 6.45) is 0. The Kier molecular flexibility index (Phi) is 5.10. The third-order valence-electron chi connectivity index (χ3n) is 6.03. The van der Waals surface area contributed by atoms with Crippen LogP contribution in [0.15, 0.2) is 84.0 Å². The van der Waals surface area contributed by atoms with E-state index < -0.39 is 29.0 Å². The maximum absolute atomic E-state index is 14.1. The number of carbonyl (C=O) groups excluding carboxylic acids is 3. The molecule has 1 heterocycles. The van der Waals surface area contributed by atoms with Crippen molar-refractivity contribution in [3.8, 4) is 0 Å². The lowest BCUT2D eigenvalue weighted by atomic mass is 9.73. The van der Waals surface area contributed by atoms with Gasteiger partial charge in [-0.2, -0.15) is 5.10 Å². The van der Waals surface area contributed by atoms with Crippen molar-refractivity contribution in [2.24, 2.45) is 5.10 Å². The van der Waals surface area contributed by atoms with Gasteiger partial charge < -0.3 is 4.74 Å². The average molecular weight is 459 g/mol. The second kappa shape index (κ2) is 7.98. The van der Waals surface area contributed by atoms with Crippen LogP contribution in [0.25, 0.3) is 0 Å². The van der Waals surface area contributed by atoms with Gasteiger partial charge in [-0.25, -0.2) is 9.80 Å². The number of ether oxygens (including phenoxy) is 1. The quantitative estimate of drug-likeness (QED) is 0.419. The van der Waals surface area contributed by atoms with E-state index in [-0.39, 0.29) is 12.3 Å². The van der Waals surface area contributed by atoms with E-state index >= 15 is 0 Å². The Hall–Kier alpha value is -3.77. The molecule has 0 N–H and O–H groups in total. The van der Waals surface area contributed by atoms with Crippen molar-refractivity contribution in [2.45, 2.75) is 18.4 Å². The molecule has 3 aromatic carbocycles. The van der Waals surface area contributed by atoms with Gasteiger partial charge in [0.1, 0.15) is 0 Å². The zero-order valence-corrected chi connectivity index (χ0v) is 18.5. The molecule has 0 aromatic heterocycles. The Balaban J connectivity index is 1.81. The topological polar surface area (TPSA) is 76.0 Å². The fourth-order valence-corrected chi connectivity index (χ4v) is 4.79. The van der Waals surface area contributed by atoms with Crippen LogP contribution in [-0.4, -0.2) is 35.4 Å². The van der Waals surface area contributed by atoms with E-state index in [9.17, 15) is 14.4 Å². The van der Waals surface area contributed by atoms with Crippen molar-refractivity contribution in [1.29, 1.82) is 0 Å². The molecule has 0 bridgehead atoms. The number of esters is 1. The predicted octanol–water partition coefficient (Wildman–Crippen LogP) is 4.68. The molecule has 1 aliphatic carbocycles. The lowest BCUT2D eigenvalue weighted by Crippen LogP contribution is -2.57. The van der Waals surface area contributed by atoms with Crippen molar-refractivity contribution >= 4 is 40.5 Å². The number of ketones is 2. The van der Waals surface area contributed by atoms with Gasteiger partial charge in [0.25, 0.3) is 0 Å². The van der Waals surface area contributed by atoms with Gasteiger partial charge in [-0.15, -0.1) is 0 Å². The number of hydrazone groups is 1. The van der Waals surface area contributed by atoms with Crippen LogP contribution in [0.3, 0.4) is 0 Å². The molecular formula is C26H19ClN2O4. The number of halogens is 1. The van der Waals surface area contributed by atoms with E-state index in [1.54, 1.807) is 79.7 Å². The number of rotatable bonds is 4. The summed E-state index contributed by atoms with van der Waals surface area (Å²) in [4.78, 5) is 41.2. The van der Waals surface area contributed by atoms with Crippen LogP contribution in [0.2, 0.25) is 5.02 Å². The molecule has 164 valence electrons. The lowest BCUT2D eigenvalue weighted by molar-refractivity contribution is -0.135. The molecule has 2 aliphatic rings. The number of Topliss-reactive ketones (excluding diaryl/α,β-unsaturated/α-hetero) is 2. The largest absolute Gasteiger partial charge is 0.461 e. The van der Waals surface area contributed by atoms with Crippen molar-refractivity contribution in [3.63, 3.8) is 0 Å². The summed E-state index contributed by atoms with van der Waals surface area (Å²) in [6, 6.07) is 22.3. The Morgan fingerprint density at radius 1 is 0.939 bits per heavy atom. The molecule has 1 spiro atoms. The molecule has 1 atom stereocenters. The Bertz CT molecular complexity index is 1270. The molecule has 3 aromatic rings. The SMILES string of the molecule is CCOC(=O)C1=NN(c2ccccc2)C2(C(=O)c3ccccc3C2=O)C1c1ccc(Cl)cc1. The van der Waals surface area contributed by atoms with Gasteiger partial charge in [-0.3, -0.25) is 9.59 Å². The minimum atomic E-state index is -1.79. The fraction of sp³-hybridized carbons (Fsp3) is 0.154. The zero-order valence-electron chi connectivity index (χ0n) is 17.7. The Morgan fingerprint density at radius 3 is 2.09 bits per heavy atom. The average Bonchev–Trinajstić information content (AvgIpc) is 3.31. The number of hydrogen-bond donors (Lipinski definition) is 0. The lowest BCUT2D eigenvalue weighted by Gasteiger charge is -2.35. The van der Waals surface area contributed by atoms with Crippen LogP contribution in [0.4, 0.5) is 5.69 Å². The van der Waals surface area contributed by atoms with Crippen LogP contribution in [0, 0.1) is 0 Å². The normalized spacial score (nSPS) is 18.4. The smallest absolute Gasteiger partial charge is 0.355 e. The Morgan fingerprint density at radius 2 is 1.52 bits per heavy atom. The van der Waals surface area contributed by atoms with Gasteiger partial charge in [0, 0.05) is 16.1 Å². The highest BCUT2D eigenvalue weighted by molar-refractivity contribution is 6.46. The summed E-state index contributed by atoms with van der Waals surface area (Å²) >= 11 is 6.11. The molecular weight excluding hydrogens is 440 g/mol. The fourth-order valence-electron chi connectivity index (χ4n) is 4.66. The third kappa shape index (κ3) is 3.02. The first kappa shape index (κ1) is 21.1. The van der Waals surface area contributed by atoms with Crippen LogP contribution in [0.1, 0.15) is 39.1 Å². The van der Waals surface area contributed by atoms with Crippen molar-refractivity contribution in [3.05, 3.63) is 101 Å². The maximum atomic E-state index is 14.1. The number of fused-ring (bicyclic) bond motifs is 1.